The zero-order valence-corrected chi connectivity index (χ0v) is 9.65. The van der Waals surface area contributed by atoms with Crippen molar-refractivity contribution < 1.29 is 8.78 Å². The second-order valence-electron chi connectivity index (χ2n) is 4.40. The van der Waals surface area contributed by atoms with Crippen LogP contribution in [0.4, 0.5) is 8.78 Å². The molecule has 2 N–H and O–H groups in total. The third kappa shape index (κ3) is 2.98. The van der Waals surface area contributed by atoms with Crippen LogP contribution in [0.2, 0.25) is 0 Å². The summed E-state index contributed by atoms with van der Waals surface area (Å²) in [5, 5.41) is 0. The number of hydrogen-bond donors (Lipinski definition) is 1. The molecule has 1 aliphatic rings. The average molecular weight is 241 g/mol. The van der Waals surface area contributed by atoms with Gasteiger partial charge in [0.25, 0.3) is 5.92 Å². The molecule has 0 radical (unpaired) electrons. The summed E-state index contributed by atoms with van der Waals surface area (Å²) in [5.74, 6) is -2.51. The molecule has 1 atom stereocenters. The average Bonchev–Trinajstić information content (AvgIpc) is 2.33. The van der Waals surface area contributed by atoms with Crippen molar-refractivity contribution in [2.75, 3.05) is 19.6 Å². The quantitative estimate of drug-likeness (QED) is 0.877. The van der Waals surface area contributed by atoms with Gasteiger partial charge in [-0.2, -0.15) is 0 Å². The van der Waals surface area contributed by atoms with Crippen molar-refractivity contribution in [3.63, 3.8) is 0 Å². The molecule has 1 fully saturated rings. The van der Waals surface area contributed by atoms with Gasteiger partial charge in [0.2, 0.25) is 0 Å². The number of pyridine rings is 1. The molecule has 1 aromatic heterocycles. The lowest BCUT2D eigenvalue weighted by Gasteiger charge is -2.36. The fraction of sp³-hybridized carbons (Fsp3) is 0.583. The molecular formula is C12H17F2N3. The normalized spacial score (nSPS) is 22.3. The van der Waals surface area contributed by atoms with Gasteiger partial charge in [-0.05, 0) is 12.1 Å². The molecule has 1 saturated heterocycles. The first-order chi connectivity index (χ1) is 8.12. The Balaban J connectivity index is 2.05. The van der Waals surface area contributed by atoms with E-state index in [1.165, 1.54) is 0 Å². The van der Waals surface area contributed by atoms with E-state index in [0.29, 0.717) is 19.6 Å². The fourth-order valence-electron chi connectivity index (χ4n) is 2.19. The van der Waals surface area contributed by atoms with Gasteiger partial charge in [0.05, 0.1) is 11.7 Å². The van der Waals surface area contributed by atoms with E-state index >= 15 is 0 Å². The smallest absolute Gasteiger partial charge is 0.250 e. The van der Waals surface area contributed by atoms with E-state index in [0.717, 1.165) is 5.69 Å². The van der Waals surface area contributed by atoms with Crippen LogP contribution in [0.25, 0.3) is 0 Å². The summed E-state index contributed by atoms with van der Waals surface area (Å²) in [5.41, 5.74) is 6.60. The van der Waals surface area contributed by atoms with Gasteiger partial charge >= 0.3 is 0 Å². The third-order valence-electron chi connectivity index (χ3n) is 3.22. The van der Waals surface area contributed by atoms with Gasteiger partial charge in [-0.1, -0.05) is 6.07 Å². The minimum atomic E-state index is -2.51. The molecule has 2 heterocycles. The number of rotatable bonds is 3. The molecule has 94 valence electrons. The number of likely N-dealkylation sites (tertiary alicyclic amines) is 1. The van der Waals surface area contributed by atoms with Crippen LogP contribution in [-0.4, -0.2) is 35.4 Å². The summed E-state index contributed by atoms with van der Waals surface area (Å²) in [7, 11) is 0. The van der Waals surface area contributed by atoms with E-state index in [1.807, 2.05) is 23.1 Å². The second-order valence-corrected chi connectivity index (χ2v) is 4.40. The molecule has 0 aliphatic carbocycles. The van der Waals surface area contributed by atoms with Crippen LogP contribution in [0.5, 0.6) is 0 Å². The molecule has 0 saturated carbocycles. The first kappa shape index (κ1) is 12.4. The van der Waals surface area contributed by atoms with Crippen LogP contribution in [0.1, 0.15) is 24.6 Å². The Labute approximate surface area is 99.6 Å². The molecule has 17 heavy (non-hydrogen) atoms. The van der Waals surface area contributed by atoms with E-state index in [-0.39, 0.29) is 18.9 Å². The summed E-state index contributed by atoms with van der Waals surface area (Å²) in [6, 6.07) is 5.57. The highest BCUT2D eigenvalue weighted by molar-refractivity contribution is 5.10. The van der Waals surface area contributed by atoms with E-state index in [2.05, 4.69) is 4.98 Å². The molecule has 5 heteroatoms. The van der Waals surface area contributed by atoms with Crippen molar-refractivity contribution in [3.8, 4) is 0 Å². The van der Waals surface area contributed by atoms with Crippen molar-refractivity contribution in [1.82, 2.24) is 9.88 Å². The highest BCUT2D eigenvalue weighted by atomic mass is 19.3. The molecule has 2 rings (SSSR count). The lowest BCUT2D eigenvalue weighted by atomic mass is 10.0. The number of aromatic nitrogens is 1. The van der Waals surface area contributed by atoms with E-state index < -0.39 is 5.92 Å². The molecule has 0 spiro atoms. The van der Waals surface area contributed by atoms with Crippen LogP contribution in [-0.2, 0) is 0 Å². The Morgan fingerprint density at radius 1 is 1.35 bits per heavy atom. The van der Waals surface area contributed by atoms with Crippen molar-refractivity contribution in [1.29, 1.82) is 0 Å². The van der Waals surface area contributed by atoms with Gasteiger partial charge in [-0.25, -0.2) is 8.78 Å². The lowest BCUT2D eigenvalue weighted by Crippen LogP contribution is -2.43. The molecule has 0 amide bonds. The third-order valence-corrected chi connectivity index (χ3v) is 3.22. The second kappa shape index (κ2) is 5.06. The Kier molecular flexibility index (Phi) is 3.69. The van der Waals surface area contributed by atoms with Gasteiger partial charge in [-0.15, -0.1) is 0 Å². The van der Waals surface area contributed by atoms with Crippen LogP contribution < -0.4 is 5.73 Å². The minimum Gasteiger partial charge on any atom is -0.329 e. The van der Waals surface area contributed by atoms with Gasteiger partial charge in [0.1, 0.15) is 0 Å². The zero-order valence-electron chi connectivity index (χ0n) is 9.65. The number of piperidine rings is 1. The first-order valence-corrected chi connectivity index (χ1v) is 5.85. The maximum absolute atomic E-state index is 13.1. The Morgan fingerprint density at radius 2 is 2.06 bits per heavy atom. The van der Waals surface area contributed by atoms with Crippen LogP contribution in [0, 0.1) is 0 Å². The maximum atomic E-state index is 13.1. The largest absolute Gasteiger partial charge is 0.329 e. The SMILES string of the molecule is NCC(c1ccccn1)N1CCC(F)(F)CC1. The lowest BCUT2D eigenvalue weighted by molar-refractivity contribution is -0.0630. The summed E-state index contributed by atoms with van der Waals surface area (Å²) < 4.78 is 26.1. The van der Waals surface area contributed by atoms with Gasteiger partial charge in [0.15, 0.2) is 0 Å². The van der Waals surface area contributed by atoms with Crippen molar-refractivity contribution in [2.24, 2.45) is 5.73 Å². The standard InChI is InChI=1S/C12H17F2N3/c13-12(14)4-7-17(8-5-12)11(9-15)10-3-1-2-6-16-10/h1-3,6,11H,4-5,7-9,15H2. The minimum absolute atomic E-state index is 0.0488. The Hall–Kier alpha value is -1.07. The summed E-state index contributed by atoms with van der Waals surface area (Å²) in [6.45, 7) is 1.17. The number of halogens is 2. The molecular weight excluding hydrogens is 224 g/mol. The van der Waals surface area contributed by atoms with Crippen LogP contribution in [0.3, 0.4) is 0 Å². The highest BCUT2D eigenvalue weighted by Crippen LogP contribution is 2.31. The molecule has 1 unspecified atom stereocenters. The fourth-order valence-corrected chi connectivity index (χ4v) is 2.19. The predicted molar refractivity (Wildman–Crippen MR) is 61.8 cm³/mol. The predicted octanol–water partition coefficient (Wildman–Crippen LogP) is 1.81. The maximum Gasteiger partial charge on any atom is 0.250 e. The van der Waals surface area contributed by atoms with Crippen LogP contribution >= 0.6 is 0 Å². The Bertz CT molecular complexity index is 346. The molecule has 1 aromatic rings. The van der Waals surface area contributed by atoms with Crippen LogP contribution in [0.15, 0.2) is 24.4 Å². The van der Waals surface area contributed by atoms with E-state index in [9.17, 15) is 8.78 Å². The first-order valence-electron chi connectivity index (χ1n) is 5.85. The van der Waals surface area contributed by atoms with Crippen molar-refractivity contribution >= 4 is 0 Å². The number of nitrogens with two attached hydrogens (primary N) is 1. The summed E-state index contributed by atoms with van der Waals surface area (Å²) in [4.78, 5) is 6.25. The summed E-state index contributed by atoms with van der Waals surface area (Å²) >= 11 is 0. The number of hydrogen-bond acceptors (Lipinski definition) is 3. The molecule has 0 bridgehead atoms. The topological polar surface area (TPSA) is 42.1 Å². The van der Waals surface area contributed by atoms with Gasteiger partial charge in [-0.3, -0.25) is 9.88 Å². The highest BCUT2D eigenvalue weighted by Gasteiger charge is 2.36. The summed E-state index contributed by atoms with van der Waals surface area (Å²) in [6.07, 6.45) is 1.53. The number of nitrogens with zero attached hydrogens (tertiary/aromatic N) is 2. The molecule has 3 nitrogen and oxygen atoms in total. The molecule has 0 aromatic carbocycles. The van der Waals surface area contributed by atoms with Crippen molar-refractivity contribution in [2.45, 2.75) is 24.8 Å². The van der Waals surface area contributed by atoms with Gasteiger partial charge in [0, 0.05) is 38.7 Å². The van der Waals surface area contributed by atoms with Crippen molar-refractivity contribution in [3.05, 3.63) is 30.1 Å². The Morgan fingerprint density at radius 3 is 2.59 bits per heavy atom. The van der Waals surface area contributed by atoms with Gasteiger partial charge < -0.3 is 5.73 Å². The zero-order chi connectivity index (χ0) is 12.3. The monoisotopic (exact) mass is 241 g/mol. The number of alkyl halides is 2. The van der Waals surface area contributed by atoms with E-state index in [4.69, 9.17) is 5.73 Å². The molecule has 1 aliphatic heterocycles. The van der Waals surface area contributed by atoms with E-state index in [1.54, 1.807) is 6.20 Å².